The molecule has 0 aliphatic carbocycles. The second kappa shape index (κ2) is 3.86. The summed E-state index contributed by atoms with van der Waals surface area (Å²) in [6.07, 6.45) is 7.05. The Morgan fingerprint density at radius 1 is 1.47 bits per heavy atom. The van der Waals surface area contributed by atoms with Crippen LogP contribution in [0.3, 0.4) is 0 Å². The molecule has 5 heteroatoms. The Bertz CT molecular complexity index is 366. The van der Waals surface area contributed by atoms with Crippen LogP contribution in [0.5, 0.6) is 0 Å². The van der Waals surface area contributed by atoms with Gasteiger partial charge in [-0.15, -0.1) is 0 Å². The second-order valence-corrected chi connectivity index (χ2v) is 3.67. The van der Waals surface area contributed by atoms with E-state index in [1.807, 2.05) is 0 Å². The van der Waals surface area contributed by atoms with Gasteiger partial charge in [-0.1, -0.05) is 12.2 Å². The van der Waals surface area contributed by atoms with Gasteiger partial charge in [-0.05, 0) is 12.5 Å². The molecule has 80 valence electrons. The maximum atomic E-state index is 7.55. The average Bonchev–Trinajstić information content (AvgIpc) is 2.26. The lowest BCUT2D eigenvalue weighted by molar-refractivity contribution is 0.369. The van der Waals surface area contributed by atoms with Gasteiger partial charge in [0.1, 0.15) is 11.7 Å². The predicted molar refractivity (Wildman–Crippen MR) is 60.7 cm³/mol. The van der Waals surface area contributed by atoms with E-state index in [0.29, 0.717) is 0 Å². The third-order valence-corrected chi connectivity index (χ3v) is 2.56. The topological polar surface area (TPSA) is 91.5 Å². The van der Waals surface area contributed by atoms with Crippen LogP contribution in [0.2, 0.25) is 0 Å². The molecule has 15 heavy (non-hydrogen) atoms. The Hall–Kier alpha value is -1.62. The van der Waals surface area contributed by atoms with E-state index in [4.69, 9.17) is 16.9 Å². The number of hydrogen-bond donors (Lipinski definition) is 3. The molecule has 2 aliphatic rings. The summed E-state index contributed by atoms with van der Waals surface area (Å²) in [6.45, 7) is 1.77. The fourth-order valence-electron chi connectivity index (χ4n) is 1.66. The minimum atomic E-state index is -0.427. The number of nitrogens with one attached hydrogen (secondary N) is 1. The van der Waals surface area contributed by atoms with E-state index >= 15 is 0 Å². The van der Waals surface area contributed by atoms with Crippen molar-refractivity contribution >= 4 is 11.5 Å². The van der Waals surface area contributed by atoms with Gasteiger partial charge in [0.15, 0.2) is 0 Å². The Balaban J connectivity index is 2.19. The van der Waals surface area contributed by atoms with Crippen LogP contribution < -0.4 is 11.5 Å². The first-order valence-electron chi connectivity index (χ1n) is 4.99. The van der Waals surface area contributed by atoms with E-state index < -0.39 is 6.04 Å². The number of aliphatic imine (C=N–C) groups is 1. The minimum absolute atomic E-state index is 0.200. The molecule has 5 nitrogen and oxygen atoms in total. The number of nitrogens with two attached hydrogens (primary N) is 2. The van der Waals surface area contributed by atoms with Crippen molar-refractivity contribution < 1.29 is 0 Å². The fraction of sp³-hybridized carbons (Fsp3) is 0.400. The average molecular weight is 205 g/mol. The third-order valence-electron chi connectivity index (χ3n) is 2.56. The first kappa shape index (κ1) is 9.92. The van der Waals surface area contributed by atoms with Crippen molar-refractivity contribution in [1.29, 1.82) is 5.41 Å². The van der Waals surface area contributed by atoms with Gasteiger partial charge in [-0.25, -0.2) is 4.99 Å². The molecule has 0 aromatic carbocycles. The largest absolute Gasteiger partial charge is 0.382 e. The lowest BCUT2D eigenvalue weighted by Crippen LogP contribution is -2.43. The molecule has 2 aliphatic heterocycles. The molecule has 2 heterocycles. The summed E-state index contributed by atoms with van der Waals surface area (Å²) in [5.41, 5.74) is 11.6. The lowest BCUT2D eigenvalue weighted by atomic mass is 10.1. The molecule has 0 fully saturated rings. The SMILES string of the molecule is N=C1C(N)=NC(N2CC=CCC2)=CC1N. The molecule has 0 spiro atoms. The third kappa shape index (κ3) is 1.92. The molecule has 0 aromatic rings. The zero-order valence-electron chi connectivity index (χ0n) is 8.48. The Morgan fingerprint density at radius 2 is 2.27 bits per heavy atom. The highest BCUT2D eigenvalue weighted by molar-refractivity contribution is 6.42. The number of hydrogen-bond acceptors (Lipinski definition) is 5. The summed E-state index contributed by atoms with van der Waals surface area (Å²) in [4.78, 5) is 6.29. The van der Waals surface area contributed by atoms with Crippen molar-refractivity contribution in [2.75, 3.05) is 13.1 Å². The first-order valence-corrected chi connectivity index (χ1v) is 4.99. The van der Waals surface area contributed by atoms with Crippen LogP contribution in [0.15, 0.2) is 29.0 Å². The first-order chi connectivity index (χ1) is 7.18. The van der Waals surface area contributed by atoms with Crippen LogP contribution in [0.4, 0.5) is 0 Å². The van der Waals surface area contributed by atoms with Gasteiger partial charge in [0, 0.05) is 13.1 Å². The van der Waals surface area contributed by atoms with Crippen molar-refractivity contribution in [2.24, 2.45) is 16.5 Å². The summed E-state index contributed by atoms with van der Waals surface area (Å²) < 4.78 is 0. The molecule has 1 unspecified atom stereocenters. The van der Waals surface area contributed by atoms with E-state index in [1.54, 1.807) is 6.08 Å². The number of amidine groups is 1. The van der Waals surface area contributed by atoms with Crippen LogP contribution in [-0.2, 0) is 0 Å². The van der Waals surface area contributed by atoms with Crippen LogP contribution >= 0.6 is 0 Å². The van der Waals surface area contributed by atoms with E-state index in [0.717, 1.165) is 25.3 Å². The Labute approximate surface area is 88.7 Å². The molecule has 0 amide bonds. The van der Waals surface area contributed by atoms with Crippen LogP contribution in [0, 0.1) is 5.41 Å². The highest BCUT2D eigenvalue weighted by Crippen LogP contribution is 2.14. The normalized spacial score (nSPS) is 26.3. The highest BCUT2D eigenvalue weighted by Gasteiger charge is 2.20. The maximum absolute atomic E-state index is 7.55. The second-order valence-electron chi connectivity index (χ2n) is 3.67. The zero-order chi connectivity index (χ0) is 10.8. The summed E-state index contributed by atoms with van der Waals surface area (Å²) in [5.74, 6) is 1.02. The number of nitrogens with zero attached hydrogens (tertiary/aromatic N) is 2. The standard InChI is InChI=1S/C10H15N5/c11-7-6-8(14-10(13)9(7)12)15-4-2-1-3-5-15/h1-2,6-7,12H,3-5,11H2,(H2,13,14). The molecule has 0 aromatic heterocycles. The van der Waals surface area contributed by atoms with Gasteiger partial charge < -0.3 is 16.4 Å². The molecular weight excluding hydrogens is 190 g/mol. The van der Waals surface area contributed by atoms with Crippen molar-refractivity contribution in [3.63, 3.8) is 0 Å². The Morgan fingerprint density at radius 3 is 2.87 bits per heavy atom. The van der Waals surface area contributed by atoms with Gasteiger partial charge >= 0.3 is 0 Å². The minimum Gasteiger partial charge on any atom is -0.382 e. The highest BCUT2D eigenvalue weighted by atomic mass is 15.2. The van der Waals surface area contributed by atoms with Gasteiger partial charge in [0.25, 0.3) is 0 Å². The van der Waals surface area contributed by atoms with E-state index in [2.05, 4.69) is 22.0 Å². The maximum Gasteiger partial charge on any atom is 0.148 e. The van der Waals surface area contributed by atoms with Crippen LogP contribution in [0.1, 0.15) is 6.42 Å². The summed E-state index contributed by atoms with van der Waals surface area (Å²) in [6, 6.07) is -0.427. The fourth-order valence-corrected chi connectivity index (χ4v) is 1.66. The van der Waals surface area contributed by atoms with Gasteiger partial charge in [-0.3, -0.25) is 5.41 Å². The van der Waals surface area contributed by atoms with Gasteiger partial charge in [-0.2, -0.15) is 0 Å². The van der Waals surface area contributed by atoms with Crippen molar-refractivity contribution in [3.8, 4) is 0 Å². The molecule has 0 saturated carbocycles. The van der Waals surface area contributed by atoms with Crippen LogP contribution in [-0.4, -0.2) is 35.6 Å². The molecule has 5 N–H and O–H groups in total. The van der Waals surface area contributed by atoms with Crippen molar-refractivity contribution in [1.82, 2.24) is 4.90 Å². The molecule has 1 atom stereocenters. The molecular formula is C10H15N5. The van der Waals surface area contributed by atoms with E-state index in [-0.39, 0.29) is 11.5 Å². The monoisotopic (exact) mass is 205 g/mol. The zero-order valence-corrected chi connectivity index (χ0v) is 8.48. The van der Waals surface area contributed by atoms with E-state index in [9.17, 15) is 0 Å². The molecule has 0 radical (unpaired) electrons. The van der Waals surface area contributed by atoms with Crippen molar-refractivity contribution in [3.05, 3.63) is 24.0 Å². The van der Waals surface area contributed by atoms with Crippen LogP contribution in [0.25, 0.3) is 0 Å². The number of rotatable bonds is 1. The predicted octanol–water partition coefficient (Wildman–Crippen LogP) is -0.192. The summed E-state index contributed by atoms with van der Waals surface area (Å²) >= 11 is 0. The van der Waals surface area contributed by atoms with Crippen molar-refractivity contribution in [2.45, 2.75) is 12.5 Å². The van der Waals surface area contributed by atoms with Gasteiger partial charge in [0.2, 0.25) is 0 Å². The smallest absolute Gasteiger partial charge is 0.148 e. The van der Waals surface area contributed by atoms with Gasteiger partial charge in [0.05, 0.1) is 11.8 Å². The summed E-state index contributed by atoms with van der Waals surface area (Å²) in [5, 5.41) is 7.55. The summed E-state index contributed by atoms with van der Waals surface area (Å²) in [7, 11) is 0. The van der Waals surface area contributed by atoms with E-state index in [1.165, 1.54) is 0 Å². The molecule has 2 rings (SSSR count). The Kier molecular flexibility index (Phi) is 2.55. The lowest BCUT2D eigenvalue weighted by Gasteiger charge is -2.28. The molecule has 0 saturated heterocycles. The molecule has 0 bridgehead atoms. The quantitative estimate of drug-likeness (QED) is 0.518.